The second-order valence-electron chi connectivity index (χ2n) is 4.70. The third-order valence-electron chi connectivity index (χ3n) is 3.31. The molecule has 6 heteroatoms. The maximum absolute atomic E-state index is 12.8. The molecule has 0 spiro atoms. The third-order valence-corrected chi connectivity index (χ3v) is 4.06. The van der Waals surface area contributed by atoms with Gasteiger partial charge in [0, 0.05) is 13.1 Å². The highest BCUT2D eigenvalue weighted by atomic mass is 32.2. The molecule has 0 aliphatic carbocycles. The normalized spacial score (nSPS) is 21.3. The van der Waals surface area contributed by atoms with Crippen LogP contribution in [0.25, 0.3) is 0 Å². The fraction of sp³-hybridized carbons (Fsp3) is 0.500. The van der Waals surface area contributed by atoms with Crippen molar-refractivity contribution in [2.75, 3.05) is 25.4 Å². The predicted octanol–water partition coefficient (Wildman–Crippen LogP) is 0.904. The Balaban J connectivity index is 1.90. The molecule has 1 aromatic rings. The molecular weight excluding hydrogens is 255 g/mol. The van der Waals surface area contributed by atoms with E-state index in [-0.39, 0.29) is 11.6 Å². The van der Waals surface area contributed by atoms with Gasteiger partial charge >= 0.3 is 0 Å². The second kappa shape index (κ2) is 5.34. The number of hydrogen-bond acceptors (Lipinski definition) is 3. The van der Waals surface area contributed by atoms with Crippen LogP contribution >= 0.6 is 0 Å². The zero-order chi connectivity index (χ0) is 13.2. The first-order chi connectivity index (χ1) is 8.44. The number of benzene rings is 1. The monoisotopic (exact) mass is 272 g/mol. The highest BCUT2D eigenvalue weighted by Gasteiger charge is 2.24. The van der Waals surface area contributed by atoms with Gasteiger partial charge in [-0.1, -0.05) is 12.1 Å². The number of nitrogens with zero attached hydrogens (tertiary/aromatic N) is 1. The number of sulfonamides is 1. The molecule has 1 aliphatic heterocycles. The van der Waals surface area contributed by atoms with E-state index in [4.69, 9.17) is 5.14 Å². The molecule has 1 unspecified atom stereocenters. The fourth-order valence-corrected chi connectivity index (χ4v) is 2.81. The maximum atomic E-state index is 12.8. The van der Waals surface area contributed by atoms with E-state index in [1.807, 2.05) is 0 Å². The summed E-state index contributed by atoms with van der Waals surface area (Å²) in [7, 11) is -3.39. The molecule has 4 nitrogen and oxygen atoms in total. The number of primary sulfonamides is 1. The van der Waals surface area contributed by atoms with E-state index < -0.39 is 10.0 Å². The summed E-state index contributed by atoms with van der Waals surface area (Å²) in [5.41, 5.74) is 1.11. The van der Waals surface area contributed by atoms with Crippen LogP contribution < -0.4 is 5.14 Å². The molecule has 0 amide bonds. The molecule has 0 aromatic heterocycles. The van der Waals surface area contributed by atoms with Gasteiger partial charge in [-0.05, 0) is 36.6 Å². The van der Waals surface area contributed by atoms with Gasteiger partial charge in [0.2, 0.25) is 10.0 Å². The number of nitrogens with two attached hydrogens (primary N) is 1. The standard InChI is InChI=1S/C12H17FN2O2S/c13-12-3-1-10(2-4-12)11-5-6-15(9-11)7-8-18(14,16)17/h1-4,11H,5-9H2,(H2,14,16,17). The molecular formula is C12H17FN2O2S. The minimum absolute atomic E-state index is 0.0108. The first-order valence-electron chi connectivity index (χ1n) is 5.92. The largest absolute Gasteiger partial charge is 0.302 e. The Morgan fingerprint density at radius 2 is 2.00 bits per heavy atom. The Labute approximate surface area is 107 Å². The lowest BCUT2D eigenvalue weighted by molar-refractivity contribution is 0.354. The molecule has 0 saturated carbocycles. The van der Waals surface area contributed by atoms with Gasteiger partial charge in [0.05, 0.1) is 5.75 Å². The summed E-state index contributed by atoms with van der Waals surface area (Å²) in [5, 5.41) is 4.98. The quantitative estimate of drug-likeness (QED) is 0.886. The lowest BCUT2D eigenvalue weighted by Gasteiger charge is -2.15. The predicted molar refractivity (Wildman–Crippen MR) is 68.2 cm³/mol. The van der Waals surface area contributed by atoms with Gasteiger partial charge in [-0.15, -0.1) is 0 Å². The van der Waals surface area contributed by atoms with E-state index in [0.717, 1.165) is 25.1 Å². The average Bonchev–Trinajstić information content (AvgIpc) is 2.75. The van der Waals surface area contributed by atoms with Crippen LogP contribution in [0, 0.1) is 5.82 Å². The Morgan fingerprint density at radius 1 is 1.33 bits per heavy atom. The lowest BCUT2D eigenvalue weighted by Crippen LogP contribution is -2.30. The zero-order valence-electron chi connectivity index (χ0n) is 10.0. The summed E-state index contributed by atoms with van der Waals surface area (Å²) < 4.78 is 34.6. The van der Waals surface area contributed by atoms with Gasteiger partial charge in [0.15, 0.2) is 0 Å². The molecule has 2 N–H and O–H groups in total. The van der Waals surface area contributed by atoms with Crippen LogP contribution in [0.3, 0.4) is 0 Å². The minimum atomic E-state index is -3.39. The van der Waals surface area contributed by atoms with Gasteiger partial charge in [-0.25, -0.2) is 17.9 Å². The van der Waals surface area contributed by atoms with Crippen molar-refractivity contribution in [2.45, 2.75) is 12.3 Å². The summed E-state index contributed by atoms with van der Waals surface area (Å²) in [6.45, 7) is 2.13. The highest BCUT2D eigenvalue weighted by molar-refractivity contribution is 7.89. The zero-order valence-corrected chi connectivity index (χ0v) is 10.9. The smallest absolute Gasteiger partial charge is 0.210 e. The van der Waals surface area contributed by atoms with Crippen LogP contribution in [0.15, 0.2) is 24.3 Å². The van der Waals surface area contributed by atoms with E-state index >= 15 is 0 Å². The van der Waals surface area contributed by atoms with Crippen LogP contribution in [0.5, 0.6) is 0 Å². The summed E-state index contributed by atoms with van der Waals surface area (Å²) in [6.07, 6.45) is 0.969. The average molecular weight is 272 g/mol. The molecule has 18 heavy (non-hydrogen) atoms. The van der Waals surface area contributed by atoms with Crippen molar-refractivity contribution in [3.8, 4) is 0 Å². The van der Waals surface area contributed by atoms with Gasteiger partial charge in [0.25, 0.3) is 0 Å². The van der Waals surface area contributed by atoms with Crippen LogP contribution in [0.4, 0.5) is 4.39 Å². The molecule has 0 radical (unpaired) electrons. The fourth-order valence-electron chi connectivity index (χ4n) is 2.30. The van der Waals surface area contributed by atoms with Crippen molar-refractivity contribution in [1.29, 1.82) is 0 Å². The molecule has 1 heterocycles. The molecule has 1 atom stereocenters. The van der Waals surface area contributed by atoms with Gasteiger partial charge < -0.3 is 4.90 Å². The topological polar surface area (TPSA) is 63.4 Å². The maximum Gasteiger partial charge on any atom is 0.210 e. The van der Waals surface area contributed by atoms with Crippen LogP contribution in [0.2, 0.25) is 0 Å². The van der Waals surface area contributed by atoms with Crippen LogP contribution in [0.1, 0.15) is 17.9 Å². The van der Waals surface area contributed by atoms with E-state index in [1.54, 1.807) is 12.1 Å². The first kappa shape index (κ1) is 13.5. The van der Waals surface area contributed by atoms with Crippen molar-refractivity contribution in [2.24, 2.45) is 5.14 Å². The Bertz CT molecular complexity index is 501. The highest BCUT2D eigenvalue weighted by Crippen LogP contribution is 2.26. The van der Waals surface area contributed by atoms with E-state index in [9.17, 15) is 12.8 Å². The summed E-state index contributed by atoms with van der Waals surface area (Å²) in [4.78, 5) is 2.08. The van der Waals surface area contributed by atoms with E-state index in [0.29, 0.717) is 12.5 Å². The third kappa shape index (κ3) is 3.76. The molecule has 1 aromatic carbocycles. The number of hydrogen-bond donors (Lipinski definition) is 1. The first-order valence-corrected chi connectivity index (χ1v) is 7.64. The summed E-state index contributed by atoms with van der Waals surface area (Å²) in [5.74, 6) is 0.109. The Morgan fingerprint density at radius 3 is 2.61 bits per heavy atom. The summed E-state index contributed by atoms with van der Waals surface area (Å²) >= 11 is 0. The Kier molecular flexibility index (Phi) is 3.99. The molecule has 1 fully saturated rings. The summed E-state index contributed by atoms with van der Waals surface area (Å²) in [6, 6.07) is 6.51. The van der Waals surface area contributed by atoms with Crippen molar-refractivity contribution < 1.29 is 12.8 Å². The number of rotatable bonds is 4. The van der Waals surface area contributed by atoms with Gasteiger partial charge in [-0.2, -0.15) is 0 Å². The van der Waals surface area contributed by atoms with Crippen LogP contribution in [-0.2, 0) is 10.0 Å². The van der Waals surface area contributed by atoms with Gasteiger partial charge in [0.1, 0.15) is 5.82 Å². The number of likely N-dealkylation sites (tertiary alicyclic amines) is 1. The SMILES string of the molecule is NS(=O)(=O)CCN1CCC(c2ccc(F)cc2)C1. The second-order valence-corrected chi connectivity index (χ2v) is 6.44. The van der Waals surface area contributed by atoms with Gasteiger partial charge in [-0.3, -0.25) is 0 Å². The Hall–Kier alpha value is -0.980. The van der Waals surface area contributed by atoms with Crippen LogP contribution in [-0.4, -0.2) is 38.7 Å². The number of halogens is 1. The molecule has 1 saturated heterocycles. The van der Waals surface area contributed by atoms with Crippen molar-refractivity contribution in [3.63, 3.8) is 0 Å². The van der Waals surface area contributed by atoms with Crippen molar-refractivity contribution in [1.82, 2.24) is 4.90 Å². The minimum Gasteiger partial charge on any atom is -0.302 e. The molecule has 0 bridgehead atoms. The molecule has 100 valence electrons. The molecule has 2 rings (SSSR count). The van der Waals surface area contributed by atoms with E-state index in [2.05, 4.69) is 4.90 Å². The molecule has 1 aliphatic rings. The van der Waals surface area contributed by atoms with E-state index in [1.165, 1.54) is 12.1 Å². The van der Waals surface area contributed by atoms with Crippen molar-refractivity contribution >= 4 is 10.0 Å². The van der Waals surface area contributed by atoms with Crippen molar-refractivity contribution in [3.05, 3.63) is 35.6 Å². The lowest BCUT2D eigenvalue weighted by atomic mass is 9.99.